The van der Waals surface area contributed by atoms with E-state index >= 15 is 0 Å². The molecule has 1 amide bonds. The molecule has 1 fully saturated rings. The van der Waals surface area contributed by atoms with Crippen LogP contribution in [0.3, 0.4) is 0 Å². The summed E-state index contributed by atoms with van der Waals surface area (Å²) < 4.78 is 1.91. The molecule has 0 aliphatic heterocycles. The van der Waals surface area contributed by atoms with E-state index in [0.717, 1.165) is 24.4 Å². The maximum atomic E-state index is 12.3. The first-order valence-corrected chi connectivity index (χ1v) is 7.96. The topological polar surface area (TPSA) is 58.4 Å². The zero-order chi connectivity index (χ0) is 13.8. The molecule has 5 nitrogen and oxygen atoms in total. The average molecular weight is 283 g/mol. The Morgan fingerprint density at radius 2 is 2.42 bits per heavy atom. The Morgan fingerprint density at radius 3 is 2.95 bits per heavy atom. The molecule has 0 unspecified atom stereocenters. The van der Waals surface area contributed by atoms with Gasteiger partial charge in [0.25, 0.3) is 5.91 Å². The van der Waals surface area contributed by atoms with Gasteiger partial charge < -0.3 is 14.6 Å². The number of hydrogen-bond acceptors (Lipinski definition) is 4. The number of aliphatic hydroxyl groups excluding tert-OH is 1. The molecule has 1 aliphatic rings. The number of hydrogen-bond donors (Lipinski definition) is 1. The van der Waals surface area contributed by atoms with Gasteiger partial charge in [0.15, 0.2) is 0 Å². The van der Waals surface area contributed by atoms with Crippen molar-refractivity contribution >= 4 is 17.7 Å². The quantitative estimate of drug-likeness (QED) is 0.812. The molecular formula is C13H21N3O2S. The summed E-state index contributed by atoms with van der Waals surface area (Å²) in [4.78, 5) is 18.3. The van der Waals surface area contributed by atoms with Crippen LogP contribution in [0.4, 0.5) is 0 Å². The third-order valence-electron chi connectivity index (χ3n) is 3.38. The molecule has 1 aromatic heterocycles. The van der Waals surface area contributed by atoms with Crippen molar-refractivity contribution in [1.29, 1.82) is 0 Å². The zero-order valence-corrected chi connectivity index (χ0v) is 12.3. The molecule has 1 aromatic rings. The number of carbonyl (C=O) groups is 1. The van der Waals surface area contributed by atoms with Gasteiger partial charge in [-0.25, -0.2) is 4.98 Å². The van der Waals surface area contributed by atoms with Gasteiger partial charge in [0, 0.05) is 25.5 Å². The Kier molecular flexibility index (Phi) is 4.87. The van der Waals surface area contributed by atoms with E-state index < -0.39 is 6.10 Å². The minimum atomic E-state index is -0.881. The maximum absolute atomic E-state index is 12.3. The van der Waals surface area contributed by atoms with Crippen LogP contribution >= 0.6 is 11.8 Å². The van der Waals surface area contributed by atoms with Crippen LogP contribution in [0.25, 0.3) is 0 Å². The normalized spacial score (nSPS) is 16.4. The minimum Gasteiger partial charge on any atom is -0.383 e. The van der Waals surface area contributed by atoms with Gasteiger partial charge in [-0.1, -0.05) is 0 Å². The first-order chi connectivity index (χ1) is 9.13. The molecule has 1 heterocycles. The second kappa shape index (κ2) is 6.43. The fourth-order valence-electron chi connectivity index (χ4n) is 2.02. The van der Waals surface area contributed by atoms with Gasteiger partial charge in [-0.05, 0) is 31.3 Å². The molecule has 106 valence electrons. The summed E-state index contributed by atoms with van der Waals surface area (Å²) >= 11 is 1.64. The number of aliphatic hydroxyl groups is 1. The second-order valence-corrected chi connectivity index (χ2v) is 5.93. The van der Waals surface area contributed by atoms with E-state index in [4.69, 9.17) is 0 Å². The largest absolute Gasteiger partial charge is 0.383 e. The molecule has 1 aliphatic carbocycles. The lowest BCUT2D eigenvalue weighted by Gasteiger charge is -2.24. The van der Waals surface area contributed by atoms with Crippen LogP contribution < -0.4 is 0 Å². The molecule has 0 aromatic carbocycles. The van der Waals surface area contributed by atoms with E-state index in [1.54, 1.807) is 22.9 Å². The van der Waals surface area contributed by atoms with Gasteiger partial charge in [0.1, 0.15) is 11.9 Å². The van der Waals surface area contributed by atoms with Crippen LogP contribution in [0.15, 0.2) is 12.4 Å². The highest BCUT2D eigenvalue weighted by molar-refractivity contribution is 7.98. The van der Waals surface area contributed by atoms with Crippen molar-refractivity contribution in [1.82, 2.24) is 14.5 Å². The molecule has 0 saturated heterocycles. The van der Waals surface area contributed by atoms with E-state index in [0.29, 0.717) is 13.0 Å². The van der Waals surface area contributed by atoms with E-state index in [9.17, 15) is 9.90 Å². The molecule has 6 heteroatoms. The maximum Gasteiger partial charge on any atom is 0.252 e. The summed E-state index contributed by atoms with van der Waals surface area (Å²) in [5.74, 6) is 1.50. The van der Waals surface area contributed by atoms with Crippen molar-refractivity contribution in [3.8, 4) is 0 Å². The van der Waals surface area contributed by atoms with Crippen LogP contribution in [-0.2, 0) is 18.4 Å². The highest BCUT2D eigenvalue weighted by atomic mass is 32.2. The van der Waals surface area contributed by atoms with Gasteiger partial charge in [-0.2, -0.15) is 11.8 Å². The molecule has 0 bridgehead atoms. The fourth-order valence-corrected chi connectivity index (χ4v) is 2.48. The predicted octanol–water partition coefficient (Wildman–Crippen LogP) is 1.03. The fraction of sp³-hybridized carbons (Fsp3) is 0.692. The average Bonchev–Trinajstić information content (AvgIpc) is 3.16. The van der Waals surface area contributed by atoms with Gasteiger partial charge >= 0.3 is 0 Å². The molecule has 1 saturated carbocycles. The molecule has 19 heavy (non-hydrogen) atoms. The monoisotopic (exact) mass is 283 g/mol. The van der Waals surface area contributed by atoms with E-state index in [1.807, 2.05) is 24.1 Å². The summed E-state index contributed by atoms with van der Waals surface area (Å²) in [6.45, 7) is 0.489. The summed E-state index contributed by atoms with van der Waals surface area (Å²) in [7, 11) is 1.92. The smallest absolute Gasteiger partial charge is 0.252 e. The Hall–Kier alpha value is -1.01. The summed E-state index contributed by atoms with van der Waals surface area (Å²) in [5.41, 5.74) is 0. The lowest BCUT2D eigenvalue weighted by molar-refractivity contribution is -0.141. The van der Waals surface area contributed by atoms with Crippen molar-refractivity contribution in [3.63, 3.8) is 0 Å². The van der Waals surface area contributed by atoms with E-state index in [1.165, 1.54) is 0 Å². The van der Waals surface area contributed by atoms with Crippen LogP contribution in [-0.4, -0.2) is 49.6 Å². The van der Waals surface area contributed by atoms with E-state index in [2.05, 4.69) is 4.98 Å². The number of aryl methyl sites for hydroxylation is 1. The number of thioether (sulfide) groups is 1. The summed E-state index contributed by atoms with van der Waals surface area (Å²) in [6.07, 6.45) is 7.28. The Labute approximate surface area is 118 Å². The number of rotatable bonds is 7. The molecule has 0 radical (unpaired) electrons. The second-order valence-electron chi connectivity index (χ2n) is 4.95. The van der Waals surface area contributed by atoms with Crippen molar-refractivity contribution in [2.24, 2.45) is 7.05 Å². The highest BCUT2D eigenvalue weighted by Crippen LogP contribution is 2.29. The van der Waals surface area contributed by atoms with Crippen LogP contribution in [0.5, 0.6) is 0 Å². The third kappa shape index (κ3) is 3.73. The first kappa shape index (κ1) is 14.4. The zero-order valence-electron chi connectivity index (χ0n) is 11.5. The number of carbonyl (C=O) groups excluding carboxylic acids is 1. The van der Waals surface area contributed by atoms with Crippen molar-refractivity contribution in [2.45, 2.75) is 38.0 Å². The van der Waals surface area contributed by atoms with Gasteiger partial charge in [-0.15, -0.1) is 0 Å². The molecule has 2 rings (SSSR count). The molecule has 1 atom stereocenters. The van der Waals surface area contributed by atoms with Crippen LogP contribution in [0, 0.1) is 0 Å². The SMILES string of the molecule is CSCC[C@@H](O)C(=O)N(Cc1nccn1C)C1CC1. The summed E-state index contributed by atoms with van der Waals surface area (Å²) in [5, 5.41) is 9.96. The van der Waals surface area contributed by atoms with Gasteiger partial charge in [0.2, 0.25) is 0 Å². The lowest BCUT2D eigenvalue weighted by Crippen LogP contribution is -2.41. The van der Waals surface area contributed by atoms with Crippen molar-refractivity contribution < 1.29 is 9.90 Å². The van der Waals surface area contributed by atoms with Gasteiger partial charge in [-0.3, -0.25) is 4.79 Å². The number of amides is 1. The summed E-state index contributed by atoms with van der Waals surface area (Å²) in [6, 6.07) is 0.285. The number of aromatic nitrogens is 2. The standard InChI is InChI=1S/C13H21N3O2S/c1-15-7-6-14-12(15)9-16(10-3-4-10)13(18)11(17)5-8-19-2/h6-7,10-11,17H,3-5,8-9H2,1-2H3/t11-/m1/s1. The van der Waals surface area contributed by atoms with Crippen molar-refractivity contribution in [3.05, 3.63) is 18.2 Å². The highest BCUT2D eigenvalue weighted by Gasteiger charge is 2.35. The lowest BCUT2D eigenvalue weighted by atomic mass is 10.2. The Balaban J connectivity index is 1.99. The molecule has 0 spiro atoms. The van der Waals surface area contributed by atoms with Gasteiger partial charge in [0.05, 0.1) is 6.54 Å². The minimum absolute atomic E-state index is 0.153. The van der Waals surface area contributed by atoms with Crippen LogP contribution in [0.2, 0.25) is 0 Å². The molecular weight excluding hydrogens is 262 g/mol. The Bertz CT molecular complexity index is 431. The number of imidazole rings is 1. The third-order valence-corrected chi connectivity index (χ3v) is 4.03. The molecule has 1 N–H and O–H groups in total. The predicted molar refractivity (Wildman–Crippen MR) is 75.8 cm³/mol. The Morgan fingerprint density at radius 1 is 1.68 bits per heavy atom. The van der Waals surface area contributed by atoms with E-state index in [-0.39, 0.29) is 11.9 Å². The first-order valence-electron chi connectivity index (χ1n) is 6.57. The van der Waals surface area contributed by atoms with Crippen LogP contribution in [0.1, 0.15) is 25.1 Å². The van der Waals surface area contributed by atoms with Crippen molar-refractivity contribution in [2.75, 3.05) is 12.0 Å². The number of nitrogens with zero attached hydrogens (tertiary/aromatic N) is 3.